The number of aromatic amines is 1. The van der Waals surface area contributed by atoms with Crippen molar-refractivity contribution in [3.8, 4) is 0 Å². The summed E-state index contributed by atoms with van der Waals surface area (Å²) in [6.45, 7) is 10.7. The average Bonchev–Trinajstić information content (AvgIpc) is 3.04. The van der Waals surface area contributed by atoms with Crippen LogP contribution in [0.2, 0.25) is 0 Å². The van der Waals surface area contributed by atoms with Gasteiger partial charge in [0.05, 0.1) is 32.7 Å². The standard InChI is InChI=1S/C20H28N6O2/c1-5-25(6-2)12-11-21-19-22-17-16(18(27)23-20(28)24(17)4)26(19)13-15-9-7-14(3)8-10-15/h7-10H,5-6,11-13H2,1-4H3,(H,21,22)(H,23,27,28)/p+1. The second-order valence-corrected chi connectivity index (χ2v) is 7.13. The van der Waals surface area contributed by atoms with Gasteiger partial charge in [-0.2, -0.15) is 4.98 Å². The first-order chi connectivity index (χ1) is 13.4. The number of rotatable bonds is 8. The molecule has 8 nitrogen and oxygen atoms in total. The van der Waals surface area contributed by atoms with Crippen molar-refractivity contribution in [3.05, 3.63) is 56.2 Å². The van der Waals surface area contributed by atoms with E-state index in [9.17, 15) is 9.59 Å². The fourth-order valence-electron chi connectivity index (χ4n) is 3.35. The number of aromatic nitrogens is 4. The highest BCUT2D eigenvalue weighted by Gasteiger charge is 2.17. The number of aryl methyl sites for hydroxylation is 2. The zero-order valence-electron chi connectivity index (χ0n) is 17.0. The number of benzene rings is 1. The van der Waals surface area contributed by atoms with E-state index < -0.39 is 11.2 Å². The number of H-pyrrole nitrogens is 1. The topological polar surface area (TPSA) is 89.2 Å². The van der Waals surface area contributed by atoms with Crippen LogP contribution in [-0.2, 0) is 13.6 Å². The van der Waals surface area contributed by atoms with Crippen molar-refractivity contribution >= 4 is 17.1 Å². The Morgan fingerprint density at radius 2 is 1.82 bits per heavy atom. The van der Waals surface area contributed by atoms with E-state index in [0.717, 1.165) is 31.7 Å². The van der Waals surface area contributed by atoms with E-state index in [0.29, 0.717) is 23.7 Å². The number of nitrogens with one attached hydrogen (secondary N) is 3. The van der Waals surface area contributed by atoms with Crippen LogP contribution in [0.1, 0.15) is 25.0 Å². The molecule has 0 amide bonds. The van der Waals surface area contributed by atoms with Crippen LogP contribution in [0.4, 0.5) is 5.95 Å². The van der Waals surface area contributed by atoms with Gasteiger partial charge in [-0.25, -0.2) is 4.79 Å². The number of quaternary nitrogens is 1. The Morgan fingerprint density at radius 1 is 1.14 bits per heavy atom. The van der Waals surface area contributed by atoms with Gasteiger partial charge in [-0.15, -0.1) is 0 Å². The number of fused-ring (bicyclic) bond motifs is 1. The van der Waals surface area contributed by atoms with Crippen LogP contribution in [0.3, 0.4) is 0 Å². The van der Waals surface area contributed by atoms with E-state index in [1.165, 1.54) is 15.0 Å². The van der Waals surface area contributed by atoms with Crippen LogP contribution in [0.15, 0.2) is 33.9 Å². The molecule has 150 valence electrons. The van der Waals surface area contributed by atoms with E-state index in [1.807, 2.05) is 35.8 Å². The van der Waals surface area contributed by atoms with Gasteiger partial charge in [0.15, 0.2) is 11.2 Å². The summed E-state index contributed by atoms with van der Waals surface area (Å²) in [7, 11) is 1.62. The number of hydrogen-bond donors (Lipinski definition) is 3. The molecule has 0 saturated heterocycles. The lowest BCUT2D eigenvalue weighted by atomic mass is 10.1. The first-order valence-electron chi connectivity index (χ1n) is 9.77. The second kappa shape index (κ2) is 8.43. The molecule has 3 rings (SSSR count). The van der Waals surface area contributed by atoms with Crippen molar-refractivity contribution in [2.45, 2.75) is 27.3 Å². The van der Waals surface area contributed by atoms with Crippen LogP contribution < -0.4 is 21.5 Å². The molecule has 3 aromatic rings. The van der Waals surface area contributed by atoms with Gasteiger partial charge in [0, 0.05) is 7.05 Å². The molecule has 0 bridgehead atoms. The number of likely N-dealkylation sites (N-methyl/N-ethyl adjacent to an activating group) is 1. The SMILES string of the molecule is CC[NH+](CC)CCNc1nc2c(c(=O)[nH]c(=O)n2C)n1Cc1ccc(C)cc1. The zero-order chi connectivity index (χ0) is 20.3. The van der Waals surface area contributed by atoms with Crippen LogP contribution in [0, 0.1) is 6.92 Å². The largest absolute Gasteiger partial charge is 0.350 e. The Labute approximate surface area is 163 Å². The fraction of sp³-hybridized carbons (Fsp3) is 0.450. The van der Waals surface area contributed by atoms with Crippen molar-refractivity contribution in [2.75, 3.05) is 31.5 Å². The summed E-state index contributed by atoms with van der Waals surface area (Å²) >= 11 is 0. The molecule has 2 heterocycles. The first-order valence-corrected chi connectivity index (χ1v) is 9.77. The lowest BCUT2D eigenvalue weighted by molar-refractivity contribution is -0.894. The van der Waals surface area contributed by atoms with Gasteiger partial charge in [-0.3, -0.25) is 18.9 Å². The number of anilines is 1. The highest BCUT2D eigenvalue weighted by Crippen LogP contribution is 2.17. The second-order valence-electron chi connectivity index (χ2n) is 7.13. The van der Waals surface area contributed by atoms with Gasteiger partial charge in [0.25, 0.3) is 5.56 Å². The third kappa shape index (κ3) is 4.01. The Morgan fingerprint density at radius 3 is 2.46 bits per heavy atom. The first kappa shape index (κ1) is 19.9. The molecule has 0 saturated carbocycles. The zero-order valence-corrected chi connectivity index (χ0v) is 17.0. The summed E-state index contributed by atoms with van der Waals surface area (Å²) in [5.74, 6) is 0.605. The third-order valence-corrected chi connectivity index (χ3v) is 5.23. The molecule has 3 N–H and O–H groups in total. The molecule has 0 atom stereocenters. The number of imidazole rings is 1. The summed E-state index contributed by atoms with van der Waals surface area (Å²) in [5, 5.41) is 3.37. The van der Waals surface area contributed by atoms with Crippen molar-refractivity contribution in [1.82, 2.24) is 19.1 Å². The highest BCUT2D eigenvalue weighted by molar-refractivity contribution is 5.74. The molecule has 8 heteroatoms. The van der Waals surface area contributed by atoms with Crippen molar-refractivity contribution in [2.24, 2.45) is 7.05 Å². The molecular formula is C20H29N6O2+. The van der Waals surface area contributed by atoms with Gasteiger partial charge >= 0.3 is 5.69 Å². The van der Waals surface area contributed by atoms with E-state index in [4.69, 9.17) is 0 Å². The summed E-state index contributed by atoms with van der Waals surface area (Å²) in [4.78, 5) is 33.0. The van der Waals surface area contributed by atoms with Crippen LogP contribution in [-0.4, -0.2) is 45.3 Å². The van der Waals surface area contributed by atoms with Crippen molar-refractivity contribution in [3.63, 3.8) is 0 Å². The smallest absolute Gasteiger partial charge is 0.329 e. The van der Waals surface area contributed by atoms with Gasteiger partial charge in [-0.1, -0.05) is 29.8 Å². The maximum atomic E-state index is 12.5. The molecule has 28 heavy (non-hydrogen) atoms. The maximum absolute atomic E-state index is 12.5. The van der Waals surface area contributed by atoms with Crippen molar-refractivity contribution < 1.29 is 4.90 Å². The molecule has 0 aliphatic carbocycles. The van der Waals surface area contributed by atoms with E-state index in [-0.39, 0.29) is 0 Å². The Balaban J connectivity index is 2.01. The quantitative estimate of drug-likeness (QED) is 0.514. The van der Waals surface area contributed by atoms with E-state index in [2.05, 4.69) is 29.1 Å². The molecular weight excluding hydrogens is 356 g/mol. The maximum Gasteiger partial charge on any atom is 0.329 e. The normalized spacial score (nSPS) is 11.5. The summed E-state index contributed by atoms with van der Waals surface area (Å²) < 4.78 is 3.24. The monoisotopic (exact) mass is 385 g/mol. The lowest BCUT2D eigenvalue weighted by Gasteiger charge is -2.16. The Kier molecular flexibility index (Phi) is 5.99. The van der Waals surface area contributed by atoms with Crippen LogP contribution in [0.5, 0.6) is 0 Å². The molecule has 0 aliphatic rings. The lowest BCUT2D eigenvalue weighted by Crippen LogP contribution is -3.12. The predicted octanol–water partition coefficient (Wildman–Crippen LogP) is 0.117. The minimum atomic E-state index is -0.461. The van der Waals surface area contributed by atoms with Crippen LogP contribution in [0.25, 0.3) is 11.2 Å². The number of nitrogens with zero attached hydrogens (tertiary/aromatic N) is 3. The number of hydrogen-bond acceptors (Lipinski definition) is 4. The molecule has 2 aromatic heterocycles. The minimum absolute atomic E-state index is 0.388. The molecule has 0 radical (unpaired) electrons. The summed E-state index contributed by atoms with van der Waals surface area (Å²) in [5.41, 5.74) is 2.16. The Hall–Kier alpha value is -2.87. The molecule has 0 aliphatic heterocycles. The van der Waals surface area contributed by atoms with Gasteiger partial charge in [0.2, 0.25) is 5.95 Å². The van der Waals surface area contributed by atoms with Gasteiger partial charge in [0.1, 0.15) is 0 Å². The fourth-order valence-corrected chi connectivity index (χ4v) is 3.35. The van der Waals surface area contributed by atoms with Gasteiger partial charge in [-0.05, 0) is 26.3 Å². The third-order valence-electron chi connectivity index (χ3n) is 5.23. The summed E-state index contributed by atoms with van der Waals surface area (Å²) in [6, 6.07) is 8.18. The molecule has 0 spiro atoms. The average molecular weight is 385 g/mol. The van der Waals surface area contributed by atoms with Gasteiger partial charge < -0.3 is 10.2 Å². The van der Waals surface area contributed by atoms with E-state index >= 15 is 0 Å². The van der Waals surface area contributed by atoms with Crippen LogP contribution >= 0.6 is 0 Å². The summed E-state index contributed by atoms with van der Waals surface area (Å²) in [6.07, 6.45) is 0. The highest BCUT2D eigenvalue weighted by atomic mass is 16.2. The van der Waals surface area contributed by atoms with Crippen molar-refractivity contribution in [1.29, 1.82) is 0 Å². The molecule has 0 unspecified atom stereocenters. The predicted molar refractivity (Wildman–Crippen MR) is 111 cm³/mol. The molecule has 1 aromatic carbocycles. The van der Waals surface area contributed by atoms with E-state index in [1.54, 1.807) is 7.05 Å². The Bertz CT molecular complexity index is 1060. The minimum Gasteiger partial charge on any atom is -0.350 e. The molecule has 0 fully saturated rings.